The molecule has 0 radical (unpaired) electrons. The first kappa shape index (κ1) is 13.2. The second-order valence-electron chi connectivity index (χ2n) is 6.25. The monoisotopic (exact) mass is 290 g/mol. The van der Waals surface area contributed by atoms with Crippen LogP contribution in [0, 0.1) is 12.7 Å². The Morgan fingerprint density at radius 2 is 2.29 bits per heavy atom. The Labute approximate surface area is 123 Å². The Bertz CT molecular complexity index is 606. The van der Waals surface area contributed by atoms with Crippen molar-refractivity contribution >= 4 is 5.91 Å². The Morgan fingerprint density at radius 3 is 3.10 bits per heavy atom. The van der Waals surface area contributed by atoms with Gasteiger partial charge in [-0.3, -0.25) is 9.69 Å². The Balaban J connectivity index is 1.59. The molecule has 4 nitrogen and oxygen atoms in total. The lowest BCUT2D eigenvalue weighted by molar-refractivity contribution is -0.136. The van der Waals surface area contributed by atoms with Crippen LogP contribution >= 0.6 is 0 Å². The van der Waals surface area contributed by atoms with Gasteiger partial charge in [-0.15, -0.1) is 0 Å². The van der Waals surface area contributed by atoms with Gasteiger partial charge in [0.2, 0.25) is 5.91 Å². The summed E-state index contributed by atoms with van der Waals surface area (Å²) < 4.78 is 19.2. The summed E-state index contributed by atoms with van der Waals surface area (Å²) in [6, 6.07) is 5.06. The summed E-state index contributed by atoms with van der Waals surface area (Å²) in [6.45, 7) is 4.97. The van der Waals surface area contributed by atoms with E-state index >= 15 is 0 Å². The molecule has 1 aromatic rings. The highest BCUT2D eigenvalue weighted by molar-refractivity contribution is 5.81. The van der Waals surface area contributed by atoms with Crippen molar-refractivity contribution in [2.45, 2.75) is 38.1 Å². The van der Waals surface area contributed by atoms with Crippen LogP contribution in [0.25, 0.3) is 0 Å². The molecule has 0 aromatic heterocycles. The van der Waals surface area contributed by atoms with Gasteiger partial charge in [0.1, 0.15) is 5.82 Å². The van der Waals surface area contributed by atoms with Gasteiger partial charge < -0.3 is 9.64 Å². The lowest BCUT2D eigenvalue weighted by Crippen LogP contribution is -2.47. The number of nitrogens with zero attached hydrogens (tertiary/aromatic N) is 2. The molecule has 5 heteroatoms. The predicted octanol–water partition coefficient (Wildman–Crippen LogP) is 1.67. The average molecular weight is 290 g/mol. The second kappa shape index (κ2) is 4.52. The molecule has 1 spiro atoms. The molecular formula is C16H19FN2O2. The van der Waals surface area contributed by atoms with Gasteiger partial charge in [0, 0.05) is 32.5 Å². The number of amides is 1. The van der Waals surface area contributed by atoms with Gasteiger partial charge in [0.05, 0.1) is 12.6 Å². The van der Waals surface area contributed by atoms with E-state index in [9.17, 15) is 9.18 Å². The first-order valence-electron chi connectivity index (χ1n) is 7.54. The van der Waals surface area contributed by atoms with E-state index in [2.05, 4.69) is 4.90 Å². The minimum absolute atomic E-state index is 0.136. The van der Waals surface area contributed by atoms with Crippen LogP contribution in [0.2, 0.25) is 0 Å². The van der Waals surface area contributed by atoms with E-state index in [1.165, 1.54) is 6.07 Å². The van der Waals surface area contributed by atoms with Crippen molar-refractivity contribution in [2.24, 2.45) is 0 Å². The number of halogens is 1. The molecule has 1 aromatic carbocycles. The molecule has 4 rings (SSSR count). The lowest BCUT2D eigenvalue weighted by atomic mass is 10.0. The summed E-state index contributed by atoms with van der Waals surface area (Å²) in [6.07, 6.45) is 1.42. The van der Waals surface area contributed by atoms with Crippen LogP contribution in [-0.4, -0.2) is 47.2 Å². The van der Waals surface area contributed by atoms with Crippen molar-refractivity contribution in [3.63, 3.8) is 0 Å². The number of hydrogen-bond donors (Lipinski definition) is 0. The maximum Gasteiger partial charge on any atom is 0.226 e. The molecule has 3 fully saturated rings. The van der Waals surface area contributed by atoms with Crippen molar-refractivity contribution in [2.75, 3.05) is 19.7 Å². The zero-order chi connectivity index (χ0) is 14.6. The highest BCUT2D eigenvalue weighted by atomic mass is 19.1. The van der Waals surface area contributed by atoms with E-state index in [4.69, 9.17) is 4.74 Å². The zero-order valence-electron chi connectivity index (χ0n) is 12.1. The van der Waals surface area contributed by atoms with Crippen molar-refractivity contribution < 1.29 is 13.9 Å². The largest absolute Gasteiger partial charge is 0.352 e. The zero-order valence-corrected chi connectivity index (χ0v) is 12.1. The van der Waals surface area contributed by atoms with Gasteiger partial charge in [-0.1, -0.05) is 6.07 Å². The number of carbonyl (C=O) groups is 1. The number of hydrogen-bond acceptors (Lipinski definition) is 3. The number of rotatable bonds is 2. The minimum Gasteiger partial charge on any atom is -0.352 e. The maximum atomic E-state index is 13.2. The first-order valence-corrected chi connectivity index (χ1v) is 7.54. The van der Waals surface area contributed by atoms with Gasteiger partial charge >= 0.3 is 0 Å². The van der Waals surface area contributed by atoms with E-state index < -0.39 is 0 Å². The smallest absolute Gasteiger partial charge is 0.226 e. The molecule has 3 aliphatic heterocycles. The SMILES string of the molecule is Cc1cc(F)ccc1CN1CC[C@@]23OCCN2C(=O)C[C@@H]13. The number of carbonyl (C=O) groups excluding carboxylic acids is 1. The predicted molar refractivity (Wildman–Crippen MR) is 75.0 cm³/mol. The standard InChI is InChI=1S/C16H19FN2O2/c1-11-8-13(17)3-2-12(11)10-18-5-4-16-14(18)9-15(20)19(16)6-7-21-16/h2-3,8,14H,4-7,9-10H2,1H3/t14-,16+/m1/s1. The summed E-state index contributed by atoms with van der Waals surface area (Å²) in [5, 5.41) is 0. The topological polar surface area (TPSA) is 32.8 Å². The molecular weight excluding hydrogens is 271 g/mol. The van der Waals surface area contributed by atoms with E-state index in [1.54, 1.807) is 6.07 Å². The van der Waals surface area contributed by atoms with Crippen LogP contribution in [0.15, 0.2) is 18.2 Å². The summed E-state index contributed by atoms with van der Waals surface area (Å²) >= 11 is 0. The molecule has 21 heavy (non-hydrogen) atoms. The van der Waals surface area contributed by atoms with Crippen LogP contribution < -0.4 is 0 Å². The number of benzene rings is 1. The Hall–Kier alpha value is -1.46. The molecule has 0 unspecified atom stereocenters. The van der Waals surface area contributed by atoms with Gasteiger partial charge in [-0.2, -0.15) is 0 Å². The van der Waals surface area contributed by atoms with Crippen LogP contribution in [0.1, 0.15) is 24.0 Å². The minimum atomic E-state index is -0.384. The lowest BCUT2D eigenvalue weighted by Gasteiger charge is -2.31. The van der Waals surface area contributed by atoms with Gasteiger partial charge in [-0.05, 0) is 30.2 Å². The number of aryl methyl sites for hydroxylation is 1. The summed E-state index contributed by atoms with van der Waals surface area (Å²) in [7, 11) is 0. The molecule has 3 saturated heterocycles. The number of ether oxygens (including phenoxy) is 1. The second-order valence-corrected chi connectivity index (χ2v) is 6.25. The fourth-order valence-corrected chi connectivity index (χ4v) is 4.12. The summed E-state index contributed by atoms with van der Waals surface area (Å²) in [5.74, 6) is 0.00789. The quantitative estimate of drug-likeness (QED) is 0.830. The number of likely N-dealkylation sites (tertiary alicyclic amines) is 1. The molecule has 112 valence electrons. The average Bonchev–Trinajstić information content (AvgIpc) is 3.06. The molecule has 0 aliphatic carbocycles. The third-order valence-corrected chi connectivity index (χ3v) is 5.19. The van der Waals surface area contributed by atoms with E-state index in [-0.39, 0.29) is 23.5 Å². The fourth-order valence-electron chi connectivity index (χ4n) is 4.12. The fraction of sp³-hybridized carbons (Fsp3) is 0.562. The molecule has 2 atom stereocenters. The Kier molecular flexibility index (Phi) is 2.84. The molecule has 1 amide bonds. The van der Waals surface area contributed by atoms with Crippen molar-refractivity contribution in [3.8, 4) is 0 Å². The van der Waals surface area contributed by atoms with Gasteiger partial charge in [0.15, 0.2) is 5.72 Å². The first-order chi connectivity index (χ1) is 10.1. The maximum absolute atomic E-state index is 13.2. The third kappa shape index (κ3) is 1.84. The third-order valence-electron chi connectivity index (χ3n) is 5.19. The van der Waals surface area contributed by atoms with Crippen LogP contribution in [0.3, 0.4) is 0 Å². The normalized spacial score (nSPS) is 31.8. The summed E-state index contributed by atoms with van der Waals surface area (Å²) in [4.78, 5) is 16.4. The molecule has 0 bridgehead atoms. The van der Waals surface area contributed by atoms with Crippen LogP contribution in [-0.2, 0) is 16.1 Å². The van der Waals surface area contributed by atoms with E-state index in [0.717, 1.165) is 37.2 Å². The molecule has 3 aliphatic rings. The van der Waals surface area contributed by atoms with Crippen molar-refractivity contribution in [1.82, 2.24) is 9.80 Å². The van der Waals surface area contributed by atoms with Crippen molar-refractivity contribution in [1.29, 1.82) is 0 Å². The summed E-state index contributed by atoms with van der Waals surface area (Å²) in [5.41, 5.74) is 1.70. The van der Waals surface area contributed by atoms with Gasteiger partial charge in [0.25, 0.3) is 0 Å². The molecule has 0 saturated carbocycles. The highest BCUT2D eigenvalue weighted by Crippen LogP contribution is 2.45. The van der Waals surface area contributed by atoms with Crippen LogP contribution in [0.5, 0.6) is 0 Å². The van der Waals surface area contributed by atoms with Gasteiger partial charge in [-0.25, -0.2) is 4.39 Å². The Morgan fingerprint density at radius 1 is 1.43 bits per heavy atom. The highest BCUT2D eigenvalue weighted by Gasteiger charge is 2.61. The van der Waals surface area contributed by atoms with E-state index in [1.807, 2.05) is 17.9 Å². The van der Waals surface area contributed by atoms with Crippen molar-refractivity contribution in [3.05, 3.63) is 35.1 Å². The molecule has 3 heterocycles. The van der Waals surface area contributed by atoms with Crippen LogP contribution in [0.4, 0.5) is 4.39 Å². The molecule has 0 N–H and O–H groups in total. The van der Waals surface area contributed by atoms with E-state index in [0.29, 0.717) is 13.0 Å².